The van der Waals surface area contributed by atoms with Gasteiger partial charge < -0.3 is 10.7 Å². The molecule has 7 heteroatoms. The van der Waals surface area contributed by atoms with Crippen molar-refractivity contribution in [1.82, 2.24) is 9.97 Å². The van der Waals surface area contributed by atoms with E-state index in [1.807, 2.05) is 18.2 Å². The van der Waals surface area contributed by atoms with Crippen molar-refractivity contribution in [1.29, 1.82) is 0 Å². The summed E-state index contributed by atoms with van der Waals surface area (Å²) in [6.45, 7) is 2.08. The molecule has 0 radical (unpaired) electrons. The maximum atomic E-state index is 5.97. The molecule has 0 spiro atoms. The maximum absolute atomic E-state index is 5.97. The summed E-state index contributed by atoms with van der Waals surface area (Å²) in [7, 11) is 0. The number of hydrazine groups is 1. The molecule has 0 aliphatic rings. The summed E-state index contributed by atoms with van der Waals surface area (Å²) in [5.74, 6) is 7.44. The van der Waals surface area contributed by atoms with Crippen LogP contribution < -0.4 is 16.6 Å². The first-order chi connectivity index (χ1) is 9.62. The van der Waals surface area contributed by atoms with E-state index in [9.17, 15) is 0 Å². The monoisotopic (exact) mass is 355 g/mol. The Morgan fingerprint density at radius 1 is 1.25 bits per heavy atom. The minimum Gasteiger partial charge on any atom is -0.340 e. The van der Waals surface area contributed by atoms with Crippen LogP contribution in [0.5, 0.6) is 0 Å². The van der Waals surface area contributed by atoms with Crippen LogP contribution >= 0.6 is 27.5 Å². The molecular weight excluding hydrogens is 342 g/mol. The fourth-order valence-electron chi connectivity index (χ4n) is 1.69. The molecule has 0 saturated heterocycles. The van der Waals surface area contributed by atoms with Crippen LogP contribution in [0, 0.1) is 0 Å². The van der Waals surface area contributed by atoms with Gasteiger partial charge in [0.05, 0.1) is 5.02 Å². The van der Waals surface area contributed by atoms with Crippen molar-refractivity contribution in [2.45, 2.75) is 19.8 Å². The second-order valence-corrected chi connectivity index (χ2v) is 5.46. The molecule has 0 atom stereocenters. The Hall–Kier alpha value is -1.37. The molecule has 1 heterocycles. The lowest BCUT2D eigenvalue weighted by molar-refractivity contribution is 0.837. The fraction of sp³-hybridized carbons (Fsp3) is 0.231. The molecule has 0 saturated carbocycles. The van der Waals surface area contributed by atoms with Crippen molar-refractivity contribution < 1.29 is 0 Å². The van der Waals surface area contributed by atoms with Crippen LogP contribution in [0.3, 0.4) is 0 Å². The van der Waals surface area contributed by atoms with Crippen molar-refractivity contribution >= 4 is 44.9 Å². The molecule has 0 amide bonds. The van der Waals surface area contributed by atoms with Gasteiger partial charge in [0.25, 0.3) is 0 Å². The fourth-order valence-corrected chi connectivity index (χ4v) is 2.19. The number of aromatic nitrogens is 2. The second kappa shape index (κ2) is 6.88. The molecule has 106 valence electrons. The Morgan fingerprint density at radius 3 is 2.65 bits per heavy atom. The minimum absolute atomic E-state index is 0.582. The lowest BCUT2D eigenvalue weighted by Crippen LogP contribution is -2.11. The average Bonchev–Trinajstić information content (AvgIpc) is 2.43. The number of hydrogen-bond donors (Lipinski definition) is 3. The number of benzene rings is 1. The molecular formula is C13H15BrClN5. The molecule has 0 fully saturated rings. The van der Waals surface area contributed by atoms with Crippen LogP contribution in [-0.2, 0) is 6.42 Å². The molecule has 0 unspecified atom stereocenters. The van der Waals surface area contributed by atoms with Crippen molar-refractivity contribution in [2.24, 2.45) is 5.84 Å². The number of nitrogen functional groups attached to an aromatic ring is 1. The standard InChI is InChI=1S/C13H15BrClN5/c1-2-3-11-18-12(7-13(19-11)20-16)17-8-4-5-10(15)9(14)6-8/h4-7H,2-3,16H2,1H3,(H2,17,18,19,20). The Morgan fingerprint density at radius 2 is 2.00 bits per heavy atom. The van der Waals surface area contributed by atoms with E-state index in [0.717, 1.165) is 28.8 Å². The van der Waals surface area contributed by atoms with E-state index in [1.54, 1.807) is 6.07 Å². The van der Waals surface area contributed by atoms with E-state index in [2.05, 4.69) is 43.6 Å². The zero-order chi connectivity index (χ0) is 14.5. The van der Waals surface area contributed by atoms with Crippen LogP contribution in [0.2, 0.25) is 5.02 Å². The summed E-state index contributed by atoms with van der Waals surface area (Å²) >= 11 is 9.36. The van der Waals surface area contributed by atoms with Gasteiger partial charge in [0.2, 0.25) is 0 Å². The molecule has 0 bridgehead atoms. The van der Waals surface area contributed by atoms with Gasteiger partial charge in [-0.1, -0.05) is 18.5 Å². The summed E-state index contributed by atoms with van der Waals surface area (Å²) in [5, 5.41) is 3.87. The van der Waals surface area contributed by atoms with Crippen molar-refractivity contribution in [3.63, 3.8) is 0 Å². The van der Waals surface area contributed by atoms with Crippen molar-refractivity contribution in [3.8, 4) is 0 Å². The highest BCUT2D eigenvalue weighted by Crippen LogP contribution is 2.27. The molecule has 1 aromatic carbocycles. The summed E-state index contributed by atoms with van der Waals surface area (Å²) < 4.78 is 0.823. The van der Waals surface area contributed by atoms with Gasteiger partial charge in [-0.3, -0.25) is 0 Å². The van der Waals surface area contributed by atoms with Crippen LogP contribution in [-0.4, -0.2) is 9.97 Å². The molecule has 1 aromatic heterocycles. The predicted octanol–water partition coefficient (Wildman–Crippen LogP) is 3.87. The topological polar surface area (TPSA) is 75.9 Å². The third-order valence-corrected chi connectivity index (χ3v) is 3.80. The number of aryl methyl sites for hydroxylation is 1. The zero-order valence-corrected chi connectivity index (χ0v) is 13.3. The smallest absolute Gasteiger partial charge is 0.145 e. The quantitative estimate of drug-likeness (QED) is 0.560. The number of nitrogens with zero attached hydrogens (tertiary/aromatic N) is 2. The van der Waals surface area contributed by atoms with Gasteiger partial charge in [-0.25, -0.2) is 15.8 Å². The summed E-state index contributed by atoms with van der Waals surface area (Å²) in [6.07, 6.45) is 1.77. The average molecular weight is 357 g/mol. The van der Waals surface area contributed by atoms with Crippen LogP contribution in [0.1, 0.15) is 19.2 Å². The van der Waals surface area contributed by atoms with Crippen LogP contribution in [0.4, 0.5) is 17.3 Å². The highest BCUT2D eigenvalue weighted by molar-refractivity contribution is 9.10. The second-order valence-electron chi connectivity index (χ2n) is 4.20. The Bertz CT molecular complexity index is 605. The lowest BCUT2D eigenvalue weighted by Gasteiger charge is -2.10. The van der Waals surface area contributed by atoms with Gasteiger partial charge in [-0.05, 0) is 40.5 Å². The Kier molecular flexibility index (Phi) is 5.17. The highest BCUT2D eigenvalue weighted by Gasteiger charge is 2.05. The van der Waals surface area contributed by atoms with E-state index in [0.29, 0.717) is 16.7 Å². The summed E-state index contributed by atoms with van der Waals surface area (Å²) in [5.41, 5.74) is 3.43. The van der Waals surface area contributed by atoms with Crippen molar-refractivity contribution in [2.75, 3.05) is 10.7 Å². The lowest BCUT2D eigenvalue weighted by atomic mass is 10.3. The van der Waals surface area contributed by atoms with Gasteiger partial charge >= 0.3 is 0 Å². The van der Waals surface area contributed by atoms with Gasteiger partial charge in [0.1, 0.15) is 17.5 Å². The third kappa shape index (κ3) is 3.82. The van der Waals surface area contributed by atoms with Crippen LogP contribution in [0.15, 0.2) is 28.7 Å². The minimum atomic E-state index is 0.582. The summed E-state index contributed by atoms with van der Waals surface area (Å²) in [6, 6.07) is 7.33. The number of anilines is 3. The molecule has 4 N–H and O–H groups in total. The molecule has 20 heavy (non-hydrogen) atoms. The molecule has 0 aliphatic heterocycles. The first-order valence-corrected chi connectivity index (χ1v) is 7.36. The third-order valence-electron chi connectivity index (χ3n) is 2.59. The van der Waals surface area contributed by atoms with Crippen LogP contribution in [0.25, 0.3) is 0 Å². The van der Waals surface area contributed by atoms with E-state index in [4.69, 9.17) is 17.4 Å². The Labute approximate surface area is 131 Å². The van der Waals surface area contributed by atoms with E-state index < -0.39 is 0 Å². The first-order valence-electron chi connectivity index (χ1n) is 6.19. The number of halogens is 2. The normalized spacial score (nSPS) is 10.4. The maximum Gasteiger partial charge on any atom is 0.145 e. The van der Waals surface area contributed by atoms with Gasteiger partial charge in [0.15, 0.2) is 0 Å². The largest absolute Gasteiger partial charge is 0.340 e. The van der Waals surface area contributed by atoms with Gasteiger partial charge in [0, 0.05) is 22.6 Å². The molecule has 5 nitrogen and oxygen atoms in total. The molecule has 0 aliphatic carbocycles. The predicted molar refractivity (Wildman–Crippen MR) is 86.3 cm³/mol. The van der Waals surface area contributed by atoms with E-state index >= 15 is 0 Å². The van der Waals surface area contributed by atoms with E-state index in [-0.39, 0.29) is 0 Å². The van der Waals surface area contributed by atoms with Gasteiger partial charge in [-0.15, -0.1) is 0 Å². The Balaban J connectivity index is 2.27. The summed E-state index contributed by atoms with van der Waals surface area (Å²) in [4.78, 5) is 8.75. The number of nitrogens with one attached hydrogen (secondary N) is 2. The first kappa shape index (κ1) is 15.0. The number of nitrogens with two attached hydrogens (primary N) is 1. The molecule has 2 rings (SSSR count). The number of hydrogen-bond acceptors (Lipinski definition) is 5. The molecule has 2 aromatic rings. The van der Waals surface area contributed by atoms with E-state index in [1.165, 1.54) is 0 Å². The van der Waals surface area contributed by atoms with Crippen molar-refractivity contribution in [3.05, 3.63) is 39.6 Å². The SMILES string of the molecule is CCCc1nc(NN)cc(Nc2ccc(Cl)c(Br)c2)n1. The number of rotatable bonds is 5. The zero-order valence-electron chi connectivity index (χ0n) is 11.0. The van der Waals surface area contributed by atoms with Gasteiger partial charge in [-0.2, -0.15) is 0 Å². The highest BCUT2D eigenvalue weighted by atomic mass is 79.9.